The normalized spacial score (nSPS) is 16.5. The molecule has 13 heteroatoms. The topological polar surface area (TPSA) is 84.0 Å². The number of amides is 2. The molecule has 0 aliphatic carbocycles. The average molecular weight is 577 g/mol. The molecule has 1 atom stereocenters. The molecule has 36 heavy (non-hydrogen) atoms. The molecule has 1 N–H and O–H groups in total. The van der Waals surface area contributed by atoms with Crippen LogP contribution in [0, 0.1) is 5.82 Å². The van der Waals surface area contributed by atoms with Crippen LogP contribution in [0.15, 0.2) is 34.9 Å². The van der Waals surface area contributed by atoms with Crippen LogP contribution in [0.5, 0.6) is 5.75 Å². The highest BCUT2D eigenvalue weighted by molar-refractivity contribution is 9.10. The monoisotopic (exact) mass is 576 g/mol. The summed E-state index contributed by atoms with van der Waals surface area (Å²) in [6, 6.07) is 4.41. The quantitative estimate of drug-likeness (QED) is 0.478. The summed E-state index contributed by atoms with van der Waals surface area (Å²) in [7, 11) is 0. The molecular formula is C23H25BrF4N4O4. The molecule has 2 amide bonds. The van der Waals surface area contributed by atoms with E-state index in [9.17, 15) is 27.2 Å². The molecule has 1 aromatic carbocycles. The van der Waals surface area contributed by atoms with E-state index in [-0.39, 0.29) is 16.1 Å². The van der Waals surface area contributed by atoms with Crippen molar-refractivity contribution in [1.29, 1.82) is 0 Å². The number of hydrogen-bond donors (Lipinski definition) is 1. The fraction of sp³-hybridized carbons (Fsp3) is 0.435. The predicted octanol–water partition coefficient (Wildman–Crippen LogP) is 5.58. The van der Waals surface area contributed by atoms with E-state index in [1.807, 2.05) is 11.8 Å². The molecule has 0 spiro atoms. The van der Waals surface area contributed by atoms with E-state index in [2.05, 4.69) is 31.0 Å². The van der Waals surface area contributed by atoms with Gasteiger partial charge in [-0.1, -0.05) is 0 Å². The van der Waals surface area contributed by atoms with Gasteiger partial charge in [-0.2, -0.15) is 0 Å². The molecule has 1 aliphatic heterocycles. The second-order valence-electron chi connectivity index (χ2n) is 9.14. The van der Waals surface area contributed by atoms with Gasteiger partial charge in [-0.05, 0) is 61.8 Å². The minimum absolute atomic E-state index is 0.0693. The van der Waals surface area contributed by atoms with Gasteiger partial charge in [-0.3, -0.25) is 4.79 Å². The summed E-state index contributed by atoms with van der Waals surface area (Å²) in [6.07, 6.45) is -4.10. The van der Waals surface area contributed by atoms with Gasteiger partial charge in [0.25, 0.3) is 5.91 Å². The Labute approximate surface area is 213 Å². The van der Waals surface area contributed by atoms with E-state index >= 15 is 0 Å². The summed E-state index contributed by atoms with van der Waals surface area (Å²) in [6.45, 7) is 8.69. The maximum Gasteiger partial charge on any atom is 0.573 e. The molecule has 0 saturated carbocycles. The van der Waals surface area contributed by atoms with Crippen molar-refractivity contribution in [3.8, 4) is 5.75 Å². The Morgan fingerprint density at radius 3 is 2.42 bits per heavy atom. The van der Waals surface area contributed by atoms with Gasteiger partial charge in [0.15, 0.2) is 0 Å². The zero-order valence-corrected chi connectivity index (χ0v) is 21.5. The van der Waals surface area contributed by atoms with E-state index in [0.29, 0.717) is 25.5 Å². The van der Waals surface area contributed by atoms with Gasteiger partial charge >= 0.3 is 12.5 Å². The highest BCUT2D eigenvalue weighted by atomic mass is 79.9. The van der Waals surface area contributed by atoms with Crippen molar-refractivity contribution >= 4 is 39.4 Å². The SMILES string of the molecule is CC1CN(c2ccc(C(=O)Nc3cc(OC(F)(F)F)c(Br)cc3F)cn2)CCN1C(=O)OC(C)(C)C. The Kier molecular flexibility index (Phi) is 8.01. The number of pyridine rings is 1. The maximum atomic E-state index is 14.2. The van der Waals surface area contributed by atoms with E-state index in [4.69, 9.17) is 4.74 Å². The van der Waals surface area contributed by atoms with Crippen molar-refractivity contribution < 1.29 is 36.6 Å². The van der Waals surface area contributed by atoms with Gasteiger partial charge in [0.05, 0.1) is 15.7 Å². The van der Waals surface area contributed by atoms with E-state index < -0.39 is 41.2 Å². The van der Waals surface area contributed by atoms with Crippen LogP contribution in [-0.2, 0) is 4.74 Å². The number of hydrogen-bond acceptors (Lipinski definition) is 6. The Balaban J connectivity index is 1.66. The lowest BCUT2D eigenvalue weighted by molar-refractivity contribution is -0.274. The van der Waals surface area contributed by atoms with Crippen LogP contribution in [0.25, 0.3) is 0 Å². The molecule has 1 unspecified atom stereocenters. The second-order valence-corrected chi connectivity index (χ2v) is 9.99. The van der Waals surface area contributed by atoms with Crippen LogP contribution in [0.3, 0.4) is 0 Å². The Bertz CT molecular complexity index is 1120. The predicted molar refractivity (Wildman–Crippen MR) is 128 cm³/mol. The number of alkyl halides is 3. The van der Waals surface area contributed by atoms with E-state index in [0.717, 1.165) is 12.1 Å². The summed E-state index contributed by atoms with van der Waals surface area (Å²) >= 11 is 2.80. The van der Waals surface area contributed by atoms with Gasteiger partial charge in [-0.15, -0.1) is 13.2 Å². The number of carbonyl (C=O) groups is 2. The number of ether oxygens (including phenoxy) is 2. The van der Waals surface area contributed by atoms with Crippen LogP contribution in [0.1, 0.15) is 38.1 Å². The lowest BCUT2D eigenvalue weighted by atomic mass is 10.2. The van der Waals surface area contributed by atoms with Crippen molar-refractivity contribution in [3.63, 3.8) is 0 Å². The molecule has 3 rings (SSSR count). The summed E-state index contributed by atoms with van der Waals surface area (Å²) in [4.78, 5) is 32.8. The molecule has 0 radical (unpaired) electrons. The van der Waals surface area contributed by atoms with Crippen molar-refractivity contribution in [2.24, 2.45) is 0 Å². The first kappa shape index (κ1) is 27.5. The third kappa shape index (κ3) is 7.21. The number of nitrogens with one attached hydrogen (secondary N) is 1. The number of nitrogens with zero attached hydrogens (tertiary/aromatic N) is 3. The van der Waals surface area contributed by atoms with Crippen molar-refractivity contribution in [2.75, 3.05) is 29.9 Å². The molecule has 2 heterocycles. The highest BCUT2D eigenvalue weighted by Crippen LogP contribution is 2.34. The van der Waals surface area contributed by atoms with E-state index in [1.54, 1.807) is 31.7 Å². The van der Waals surface area contributed by atoms with Crippen LogP contribution < -0.4 is 15.0 Å². The fourth-order valence-electron chi connectivity index (χ4n) is 3.49. The van der Waals surface area contributed by atoms with Crippen LogP contribution in [0.2, 0.25) is 0 Å². The van der Waals surface area contributed by atoms with Gasteiger partial charge in [-0.25, -0.2) is 14.2 Å². The summed E-state index contributed by atoms with van der Waals surface area (Å²) in [5, 5.41) is 2.23. The molecule has 0 bridgehead atoms. The summed E-state index contributed by atoms with van der Waals surface area (Å²) in [5.41, 5.74) is -1.02. The first-order valence-electron chi connectivity index (χ1n) is 10.9. The van der Waals surface area contributed by atoms with Crippen molar-refractivity contribution in [3.05, 3.63) is 46.3 Å². The maximum absolute atomic E-state index is 14.2. The Morgan fingerprint density at radius 2 is 1.86 bits per heavy atom. The Hall–Kier alpha value is -3.09. The van der Waals surface area contributed by atoms with Crippen molar-refractivity contribution in [2.45, 2.75) is 45.7 Å². The number of rotatable bonds is 4. The number of halogens is 5. The lowest BCUT2D eigenvalue weighted by Gasteiger charge is -2.40. The number of benzene rings is 1. The first-order chi connectivity index (χ1) is 16.6. The standard InChI is InChI=1S/C23H25BrF4N4O4/c1-13-12-31(7-8-32(13)21(34)36-22(2,3)4)19-6-5-14(11-29-19)20(33)30-17-10-18(35-23(26,27)28)15(24)9-16(17)25/h5-6,9-11,13H,7-8,12H2,1-4H3,(H,30,33). The third-order valence-corrected chi connectivity index (χ3v) is 5.70. The molecule has 196 valence electrons. The molecular weight excluding hydrogens is 552 g/mol. The highest BCUT2D eigenvalue weighted by Gasteiger charge is 2.33. The summed E-state index contributed by atoms with van der Waals surface area (Å²) < 4.78 is 60.9. The lowest BCUT2D eigenvalue weighted by Crippen LogP contribution is -2.55. The minimum Gasteiger partial charge on any atom is -0.444 e. The van der Waals surface area contributed by atoms with E-state index in [1.165, 1.54) is 12.3 Å². The zero-order chi connectivity index (χ0) is 26.8. The first-order valence-corrected chi connectivity index (χ1v) is 11.7. The van der Waals surface area contributed by atoms with Crippen molar-refractivity contribution in [1.82, 2.24) is 9.88 Å². The third-order valence-electron chi connectivity index (χ3n) is 5.09. The zero-order valence-electron chi connectivity index (χ0n) is 19.9. The molecule has 1 aromatic heterocycles. The fourth-order valence-corrected chi connectivity index (χ4v) is 3.88. The number of anilines is 2. The smallest absolute Gasteiger partial charge is 0.444 e. The Morgan fingerprint density at radius 1 is 1.17 bits per heavy atom. The van der Waals surface area contributed by atoms with Gasteiger partial charge < -0.3 is 24.6 Å². The van der Waals surface area contributed by atoms with Crippen LogP contribution >= 0.6 is 15.9 Å². The number of carbonyl (C=O) groups excluding carboxylic acids is 2. The molecule has 1 fully saturated rings. The number of piperazine rings is 1. The molecule has 1 aliphatic rings. The van der Waals surface area contributed by atoms with Crippen LogP contribution in [0.4, 0.5) is 33.9 Å². The molecule has 1 saturated heterocycles. The van der Waals surface area contributed by atoms with Gasteiger partial charge in [0.1, 0.15) is 23.0 Å². The average Bonchev–Trinajstić information content (AvgIpc) is 2.75. The summed E-state index contributed by atoms with van der Waals surface area (Å²) in [5.74, 6) is -1.85. The number of aromatic nitrogens is 1. The second kappa shape index (κ2) is 10.5. The molecule has 8 nitrogen and oxygen atoms in total. The van der Waals surface area contributed by atoms with Crippen LogP contribution in [-0.4, -0.2) is 59.5 Å². The van der Waals surface area contributed by atoms with Gasteiger partial charge in [0, 0.05) is 37.9 Å². The minimum atomic E-state index is -4.99. The molecule has 2 aromatic rings. The largest absolute Gasteiger partial charge is 0.573 e. The van der Waals surface area contributed by atoms with Gasteiger partial charge in [0.2, 0.25) is 0 Å².